The van der Waals surface area contributed by atoms with E-state index < -0.39 is 0 Å². The minimum Gasteiger partial charge on any atom is -0.368 e. The molecule has 0 aromatic heterocycles. The molecule has 0 bridgehead atoms. The van der Waals surface area contributed by atoms with Gasteiger partial charge in [0.15, 0.2) is 0 Å². The summed E-state index contributed by atoms with van der Waals surface area (Å²) >= 11 is 0. The van der Waals surface area contributed by atoms with Crippen molar-refractivity contribution in [3.8, 4) is 0 Å². The lowest BCUT2D eigenvalue weighted by Gasteiger charge is -2.22. The predicted molar refractivity (Wildman–Crippen MR) is 68.2 cm³/mol. The third kappa shape index (κ3) is 6.80. The molecule has 0 aliphatic heterocycles. The maximum Gasteiger partial charge on any atom is 0.234 e. The van der Waals surface area contributed by atoms with Crippen molar-refractivity contribution in [2.24, 2.45) is 11.7 Å². The number of nitrogens with zero attached hydrogens (tertiary/aromatic N) is 1. The summed E-state index contributed by atoms with van der Waals surface area (Å²) in [6.45, 7) is 9.19. The lowest BCUT2D eigenvalue weighted by Crippen LogP contribution is -2.43. The Hall–Kier alpha value is -0.610. The van der Waals surface area contributed by atoms with Gasteiger partial charge in [0.1, 0.15) is 0 Å². The van der Waals surface area contributed by atoms with Crippen molar-refractivity contribution < 1.29 is 4.79 Å². The fourth-order valence-corrected chi connectivity index (χ4v) is 1.69. The van der Waals surface area contributed by atoms with Crippen LogP contribution in [0.15, 0.2) is 0 Å². The summed E-state index contributed by atoms with van der Waals surface area (Å²) in [5.74, 6) is 0.454. The maximum atomic E-state index is 11.1. The van der Waals surface area contributed by atoms with E-state index in [0.29, 0.717) is 5.92 Å². The number of primary amides is 1. The van der Waals surface area contributed by atoms with Crippen LogP contribution in [0.1, 0.15) is 33.6 Å². The SMILES string of the molecule is CCNC(CCN(C)CC(C)CC)C(N)=O. The van der Waals surface area contributed by atoms with Gasteiger partial charge < -0.3 is 16.0 Å². The number of amides is 1. The summed E-state index contributed by atoms with van der Waals surface area (Å²) in [5, 5.41) is 3.10. The molecule has 0 spiro atoms. The van der Waals surface area contributed by atoms with E-state index in [2.05, 4.69) is 31.1 Å². The second-order valence-corrected chi connectivity index (χ2v) is 4.58. The molecule has 4 heteroatoms. The molecule has 0 saturated heterocycles. The molecule has 0 radical (unpaired) electrons. The van der Waals surface area contributed by atoms with Gasteiger partial charge in [0.2, 0.25) is 5.91 Å². The first-order valence-corrected chi connectivity index (χ1v) is 6.22. The van der Waals surface area contributed by atoms with E-state index in [9.17, 15) is 4.79 Å². The molecule has 0 rings (SSSR count). The first-order valence-electron chi connectivity index (χ1n) is 6.22. The molecule has 0 aromatic rings. The van der Waals surface area contributed by atoms with Gasteiger partial charge >= 0.3 is 0 Å². The Morgan fingerprint density at radius 1 is 1.44 bits per heavy atom. The van der Waals surface area contributed by atoms with Crippen LogP contribution in [0.4, 0.5) is 0 Å². The highest BCUT2D eigenvalue weighted by Crippen LogP contribution is 2.03. The molecule has 2 unspecified atom stereocenters. The predicted octanol–water partition coefficient (Wildman–Crippen LogP) is 0.818. The van der Waals surface area contributed by atoms with Crippen molar-refractivity contribution >= 4 is 5.91 Å². The number of rotatable bonds is 9. The molecule has 2 atom stereocenters. The number of likely N-dealkylation sites (N-methyl/N-ethyl adjacent to an activating group) is 1. The summed E-state index contributed by atoms with van der Waals surface area (Å²) in [7, 11) is 2.09. The first-order chi connectivity index (χ1) is 7.51. The monoisotopic (exact) mass is 229 g/mol. The van der Waals surface area contributed by atoms with Crippen LogP contribution in [0.2, 0.25) is 0 Å². The van der Waals surface area contributed by atoms with Crippen LogP contribution in [-0.2, 0) is 4.79 Å². The number of nitrogens with one attached hydrogen (secondary N) is 1. The smallest absolute Gasteiger partial charge is 0.234 e. The standard InChI is InChI=1S/C12H27N3O/c1-5-10(3)9-15(4)8-7-11(12(13)16)14-6-2/h10-11,14H,5-9H2,1-4H3,(H2,13,16). The molecule has 1 amide bonds. The van der Waals surface area contributed by atoms with Crippen molar-refractivity contribution in [3.63, 3.8) is 0 Å². The molecule has 3 N–H and O–H groups in total. The number of hydrogen-bond acceptors (Lipinski definition) is 3. The summed E-state index contributed by atoms with van der Waals surface area (Å²) < 4.78 is 0. The lowest BCUT2D eigenvalue weighted by molar-refractivity contribution is -0.120. The van der Waals surface area contributed by atoms with E-state index in [1.807, 2.05) is 6.92 Å². The van der Waals surface area contributed by atoms with Crippen molar-refractivity contribution in [1.29, 1.82) is 0 Å². The fraction of sp³-hybridized carbons (Fsp3) is 0.917. The van der Waals surface area contributed by atoms with Crippen molar-refractivity contribution in [3.05, 3.63) is 0 Å². The van der Waals surface area contributed by atoms with Crippen LogP contribution in [0, 0.1) is 5.92 Å². The first kappa shape index (κ1) is 15.4. The van der Waals surface area contributed by atoms with Gasteiger partial charge in [-0.2, -0.15) is 0 Å². The van der Waals surface area contributed by atoms with Gasteiger partial charge in [-0.25, -0.2) is 0 Å². The normalized spacial score (nSPS) is 15.1. The van der Waals surface area contributed by atoms with Gasteiger partial charge in [-0.3, -0.25) is 4.79 Å². The molecule has 0 heterocycles. The van der Waals surface area contributed by atoms with E-state index in [1.165, 1.54) is 6.42 Å². The van der Waals surface area contributed by atoms with Crippen molar-refractivity contribution in [1.82, 2.24) is 10.2 Å². The second kappa shape index (κ2) is 8.53. The summed E-state index contributed by atoms with van der Waals surface area (Å²) in [6.07, 6.45) is 1.98. The van der Waals surface area contributed by atoms with Gasteiger partial charge in [0.25, 0.3) is 0 Å². The minimum atomic E-state index is -0.251. The highest BCUT2D eigenvalue weighted by atomic mass is 16.1. The van der Waals surface area contributed by atoms with E-state index in [1.54, 1.807) is 0 Å². The zero-order valence-electron chi connectivity index (χ0n) is 11.1. The molecular weight excluding hydrogens is 202 g/mol. The molecular formula is C12H27N3O. The molecule has 96 valence electrons. The van der Waals surface area contributed by atoms with Crippen LogP contribution in [0.5, 0.6) is 0 Å². The molecule has 0 aliphatic carbocycles. The Labute approximate surface area is 99.6 Å². The summed E-state index contributed by atoms with van der Waals surface area (Å²) in [4.78, 5) is 13.4. The minimum absolute atomic E-state index is 0.190. The van der Waals surface area contributed by atoms with Crippen LogP contribution in [0.25, 0.3) is 0 Å². The Bertz CT molecular complexity index is 197. The lowest BCUT2D eigenvalue weighted by atomic mass is 10.1. The van der Waals surface area contributed by atoms with Crippen LogP contribution in [0.3, 0.4) is 0 Å². The Kier molecular flexibility index (Phi) is 8.21. The Morgan fingerprint density at radius 3 is 2.50 bits per heavy atom. The Balaban J connectivity index is 3.86. The highest BCUT2D eigenvalue weighted by molar-refractivity contribution is 5.79. The van der Waals surface area contributed by atoms with Gasteiger partial charge in [-0.05, 0) is 32.5 Å². The number of nitrogens with two attached hydrogens (primary N) is 1. The number of carbonyl (C=O) groups is 1. The average Bonchev–Trinajstić information content (AvgIpc) is 2.23. The number of hydrogen-bond donors (Lipinski definition) is 2. The molecule has 0 saturated carbocycles. The van der Waals surface area contributed by atoms with E-state index >= 15 is 0 Å². The van der Waals surface area contributed by atoms with E-state index in [0.717, 1.165) is 26.1 Å². The number of carbonyl (C=O) groups excluding carboxylic acids is 1. The zero-order valence-corrected chi connectivity index (χ0v) is 11.1. The van der Waals surface area contributed by atoms with Crippen LogP contribution >= 0.6 is 0 Å². The van der Waals surface area contributed by atoms with Crippen molar-refractivity contribution in [2.75, 3.05) is 26.7 Å². The Morgan fingerprint density at radius 2 is 2.06 bits per heavy atom. The maximum absolute atomic E-state index is 11.1. The van der Waals surface area contributed by atoms with Gasteiger partial charge in [0, 0.05) is 6.54 Å². The second-order valence-electron chi connectivity index (χ2n) is 4.58. The van der Waals surface area contributed by atoms with Crippen molar-refractivity contribution in [2.45, 2.75) is 39.7 Å². The topological polar surface area (TPSA) is 58.4 Å². The zero-order chi connectivity index (χ0) is 12.6. The van der Waals surface area contributed by atoms with Crippen LogP contribution < -0.4 is 11.1 Å². The van der Waals surface area contributed by atoms with Gasteiger partial charge in [-0.15, -0.1) is 0 Å². The third-order valence-corrected chi connectivity index (χ3v) is 2.91. The van der Waals surface area contributed by atoms with E-state index in [-0.39, 0.29) is 11.9 Å². The molecule has 0 aliphatic rings. The van der Waals surface area contributed by atoms with E-state index in [4.69, 9.17) is 5.73 Å². The third-order valence-electron chi connectivity index (χ3n) is 2.91. The molecule has 0 fully saturated rings. The van der Waals surface area contributed by atoms with Crippen LogP contribution in [-0.4, -0.2) is 43.5 Å². The molecule has 4 nitrogen and oxygen atoms in total. The summed E-state index contributed by atoms with van der Waals surface area (Å²) in [5.41, 5.74) is 5.32. The highest BCUT2D eigenvalue weighted by Gasteiger charge is 2.14. The fourth-order valence-electron chi connectivity index (χ4n) is 1.69. The molecule has 16 heavy (non-hydrogen) atoms. The quantitative estimate of drug-likeness (QED) is 0.615. The average molecular weight is 229 g/mol. The molecule has 0 aromatic carbocycles. The van der Waals surface area contributed by atoms with Gasteiger partial charge in [0.05, 0.1) is 6.04 Å². The summed E-state index contributed by atoms with van der Waals surface area (Å²) in [6, 6.07) is -0.190. The van der Waals surface area contributed by atoms with Gasteiger partial charge in [-0.1, -0.05) is 27.2 Å². The largest absolute Gasteiger partial charge is 0.368 e.